The van der Waals surface area contributed by atoms with Crippen LogP contribution in [0.4, 0.5) is 0 Å². The highest BCUT2D eigenvalue weighted by Gasteiger charge is 2.41. The van der Waals surface area contributed by atoms with Crippen LogP contribution in [0.25, 0.3) is 0 Å². The van der Waals surface area contributed by atoms with Crippen molar-refractivity contribution in [1.82, 2.24) is 4.90 Å². The molecule has 2 fully saturated rings. The van der Waals surface area contributed by atoms with Crippen LogP contribution < -0.4 is 0 Å². The van der Waals surface area contributed by atoms with Gasteiger partial charge in [0.2, 0.25) is 0 Å². The molecule has 0 aromatic carbocycles. The summed E-state index contributed by atoms with van der Waals surface area (Å²) >= 11 is 5.20. The molecule has 20 heavy (non-hydrogen) atoms. The van der Waals surface area contributed by atoms with Crippen molar-refractivity contribution >= 4 is 33.2 Å². The number of hydrogen-bond acceptors (Lipinski definition) is 3. The summed E-state index contributed by atoms with van der Waals surface area (Å²) in [7, 11) is 0. The van der Waals surface area contributed by atoms with Gasteiger partial charge in [0.05, 0.1) is 0 Å². The van der Waals surface area contributed by atoms with Gasteiger partial charge in [-0.2, -0.15) is 0 Å². The molecule has 0 amide bonds. The molecule has 0 bridgehead atoms. The number of fused-ring (bicyclic) bond motifs is 1. The number of piperidine rings is 1. The number of rotatable bonds is 3. The molecular formula is C15H20BrNO2S. The van der Waals surface area contributed by atoms with Crippen LogP contribution in [0.1, 0.15) is 43.4 Å². The topological polar surface area (TPSA) is 40.5 Å². The van der Waals surface area contributed by atoms with Gasteiger partial charge in [0.25, 0.3) is 0 Å². The summed E-state index contributed by atoms with van der Waals surface area (Å²) in [6.07, 6.45) is 6.91. The first-order valence-corrected chi connectivity index (χ1v) is 9.04. The van der Waals surface area contributed by atoms with Crippen LogP contribution in [0.3, 0.4) is 0 Å². The number of carboxylic acid groups (broad SMARTS) is 1. The minimum Gasteiger partial charge on any atom is -0.480 e. The molecule has 3 nitrogen and oxygen atoms in total. The molecule has 2 aliphatic rings. The number of carboxylic acids is 1. The van der Waals surface area contributed by atoms with E-state index in [1.165, 1.54) is 30.6 Å². The molecule has 3 atom stereocenters. The molecule has 110 valence electrons. The zero-order chi connectivity index (χ0) is 14.1. The Bertz CT molecular complexity index is 490. The molecule has 1 saturated carbocycles. The van der Waals surface area contributed by atoms with E-state index < -0.39 is 5.97 Å². The normalized spacial score (nSPS) is 30.9. The van der Waals surface area contributed by atoms with Crippen LogP contribution in [0.5, 0.6) is 0 Å². The monoisotopic (exact) mass is 357 g/mol. The van der Waals surface area contributed by atoms with Gasteiger partial charge in [-0.1, -0.05) is 12.8 Å². The van der Waals surface area contributed by atoms with E-state index in [0.29, 0.717) is 12.0 Å². The molecule has 1 aromatic rings. The number of halogens is 1. The van der Waals surface area contributed by atoms with Crippen molar-refractivity contribution in [2.75, 3.05) is 0 Å². The molecule has 2 heterocycles. The van der Waals surface area contributed by atoms with Crippen molar-refractivity contribution in [3.05, 3.63) is 20.8 Å². The van der Waals surface area contributed by atoms with Gasteiger partial charge in [0.1, 0.15) is 6.04 Å². The summed E-state index contributed by atoms with van der Waals surface area (Å²) in [6, 6.07) is 2.30. The third-order valence-electron chi connectivity index (χ3n) is 4.75. The van der Waals surface area contributed by atoms with E-state index in [2.05, 4.69) is 32.3 Å². The molecule has 0 spiro atoms. The number of likely N-dealkylation sites (tertiary alicyclic amines) is 1. The lowest BCUT2D eigenvalue weighted by Crippen LogP contribution is -2.54. The van der Waals surface area contributed by atoms with Gasteiger partial charge in [-0.05, 0) is 53.6 Å². The quantitative estimate of drug-likeness (QED) is 0.884. The lowest BCUT2D eigenvalue weighted by molar-refractivity contribution is -0.148. The fourth-order valence-corrected chi connectivity index (χ4v) is 5.30. The smallest absolute Gasteiger partial charge is 0.320 e. The summed E-state index contributed by atoms with van der Waals surface area (Å²) in [5.41, 5.74) is 0. The number of hydrogen-bond donors (Lipinski definition) is 1. The van der Waals surface area contributed by atoms with Crippen molar-refractivity contribution in [1.29, 1.82) is 0 Å². The Kier molecular flexibility index (Phi) is 4.48. The number of carbonyl (C=O) groups is 1. The average Bonchev–Trinajstić information content (AvgIpc) is 2.84. The predicted molar refractivity (Wildman–Crippen MR) is 84.0 cm³/mol. The van der Waals surface area contributed by atoms with Gasteiger partial charge in [-0.25, -0.2) is 0 Å². The Hall–Kier alpha value is -0.390. The van der Waals surface area contributed by atoms with Crippen LogP contribution in [-0.4, -0.2) is 28.1 Å². The first-order valence-electron chi connectivity index (χ1n) is 7.36. The Labute approximate surface area is 132 Å². The van der Waals surface area contributed by atoms with E-state index in [4.69, 9.17) is 0 Å². The summed E-state index contributed by atoms with van der Waals surface area (Å²) < 4.78 is 1.10. The van der Waals surface area contributed by atoms with Gasteiger partial charge in [-0.3, -0.25) is 9.69 Å². The fraction of sp³-hybridized carbons (Fsp3) is 0.667. The van der Waals surface area contributed by atoms with Crippen LogP contribution >= 0.6 is 27.3 Å². The lowest BCUT2D eigenvalue weighted by Gasteiger charge is -2.47. The summed E-state index contributed by atoms with van der Waals surface area (Å²) in [6.45, 7) is 0.786. The molecule has 1 saturated heterocycles. The number of aliphatic carboxylic acids is 1. The highest BCUT2D eigenvalue weighted by molar-refractivity contribution is 9.10. The third kappa shape index (κ3) is 2.95. The Morgan fingerprint density at radius 1 is 1.35 bits per heavy atom. The van der Waals surface area contributed by atoms with Crippen LogP contribution in [0, 0.1) is 5.92 Å². The Morgan fingerprint density at radius 2 is 2.15 bits per heavy atom. The number of nitrogens with zero attached hydrogens (tertiary/aromatic N) is 1. The van der Waals surface area contributed by atoms with Gasteiger partial charge in [-0.15, -0.1) is 11.3 Å². The second kappa shape index (κ2) is 6.16. The molecule has 3 rings (SSSR count). The highest BCUT2D eigenvalue weighted by Crippen LogP contribution is 2.39. The van der Waals surface area contributed by atoms with E-state index in [1.807, 2.05) is 0 Å². The molecule has 5 heteroatoms. The highest BCUT2D eigenvalue weighted by atomic mass is 79.9. The molecule has 1 aromatic heterocycles. The minimum absolute atomic E-state index is 0.296. The van der Waals surface area contributed by atoms with E-state index in [0.717, 1.165) is 23.9 Å². The van der Waals surface area contributed by atoms with Crippen LogP contribution in [-0.2, 0) is 11.3 Å². The molecule has 3 unspecified atom stereocenters. The second-order valence-electron chi connectivity index (χ2n) is 5.95. The average molecular weight is 358 g/mol. The van der Waals surface area contributed by atoms with Crippen LogP contribution in [0.2, 0.25) is 0 Å². The van der Waals surface area contributed by atoms with Gasteiger partial charge >= 0.3 is 5.97 Å². The van der Waals surface area contributed by atoms with E-state index in [1.54, 1.807) is 11.3 Å². The number of thiophene rings is 1. The van der Waals surface area contributed by atoms with Crippen molar-refractivity contribution in [3.8, 4) is 0 Å². The zero-order valence-electron chi connectivity index (χ0n) is 11.4. The summed E-state index contributed by atoms with van der Waals surface area (Å²) in [5, 5.41) is 11.6. The maximum atomic E-state index is 11.6. The van der Waals surface area contributed by atoms with Gasteiger partial charge in [0, 0.05) is 27.3 Å². The van der Waals surface area contributed by atoms with Crippen LogP contribution in [0.15, 0.2) is 15.9 Å². The minimum atomic E-state index is -0.648. The largest absolute Gasteiger partial charge is 0.480 e. The van der Waals surface area contributed by atoms with Crippen molar-refractivity contribution in [3.63, 3.8) is 0 Å². The van der Waals surface area contributed by atoms with Crippen molar-refractivity contribution < 1.29 is 9.90 Å². The fourth-order valence-electron chi connectivity index (χ4n) is 3.84. The molecule has 0 radical (unpaired) electrons. The molecule has 1 aliphatic heterocycles. The summed E-state index contributed by atoms with van der Waals surface area (Å²) in [4.78, 5) is 15.1. The predicted octanol–water partition coefficient (Wildman–Crippen LogP) is 4.12. The standard InChI is InChI=1S/C15H20BrNO2S/c16-11-7-12(20-9-11)8-17-13-4-2-1-3-10(13)5-6-14(17)15(18)19/h7,9-10,13-14H,1-6,8H2,(H,18,19). The van der Waals surface area contributed by atoms with Crippen molar-refractivity contribution in [2.24, 2.45) is 5.92 Å². The third-order valence-corrected chi connectivity index (χ3v) is 6.43. The van der Waals surface area contributed by atoms with E-state index in [9.17, 15) is 9.90 Å². The maximum Gasteiger partial charge on any atom is 0.320 e. The van der Waals surface area contributed by atoms with E-state index in [-0.39, 0.29) is 6.04 Å². The zero-order valence-corrected chi connectivity index (χ0v) is 13.8. The Balaban J connectivity index is 1.81. The van der Waals surface area contributed by atoms with E-state index >= 15 is 0 Å². The first kappa shape index (κ1) is 14.5. The summed E-state index contributed by atoms with van der Waals surface area (Å²) in [5.74, 6) is 0.0624. The van der Waals surface area contributed by atoms with Gasteiger partial charge < -0.3 is 5.11 Å². The van der Waals surface area contributed by atoms with Crippen molar-refractivity contribution in [2.45, 2.75) is 57.2 Å². The maximum absolute atomic E-state index is 11.6. The molecule has 1 aliphatic carbocycles. The Morgan fingerprint density at radius 3 is 2.85 bits per heavy atom. The van der Waals surface area contributed by atoms with Gasteiger partial charge in [0.15, 0.2) is 0 Å². The molecular weight excluding hydrogens is 338 g/mol. The SMILES string of the molecule is O=C(O)C1CCC2CCCCC2N1Cc1cc(Br)cs1. The first-order chi connectivity index (χ1) is 9.65. The second-order valence-corrected chi connectivity index (χ2v) is 7.86. The lowest BCUT2D eigenvalue weighted by atomic mass is 9.76. The molecule has 1 N–H and O–H groups in total.